The van der Waals surface area contributed by atoms with E-state index in [0.717, 1.165) is 45.6 Å². The molecule has 0 N–H and O–H groups in total. The second-order valence-corrected chi connectivity index (χ2v) is 7.57. The van der Waals surface area contributed by atoms with Gasteiger partial charge < -0.3 is 9.30 Å². The molecule has 33 heavy (non-hydrogen) atoms. The van der Waals surface area contributed by atoms with Crippen LogP contribution in [0.5, 0.6) is 0 Å². The quantitative estimate of drug-likeness (QED) is 0.373. The minimum absolute atomic E-state index is 0.319. The molecule has 0 amide bonds. The van der Waals surface area contributed by atoms with Crippen LogP contribution in [0.15, 0.2) is 67.3 Å². The minimum Gasteiger partial charge on any atom is -0.380 e. The number of aryl methyl sites for hydroxylation is 1. The van der Waals surface area contributed by atoms with Gasteiger partial charge >= 0.3 is 0 Å². The normalized spacial score (nSPS) is 11.2. The molecule has 0 aliphatic rings. The van der Waals surface area contributed by atoms with Crippen molar-refractivity contribution in [3.8, 4) is 33.5 Å². The number of hydrogen-bond acceptors (Lipinski definition) is 6. The average Bonchev–Trinajstić information content (AvgIpc) is 3.29. The number of rotatable bonds is 6. The van der Waals surface area contributed by atoms with Crippen molar-refractivity contribution in [3.63, 3.8) is 0 Å². The maximum atomic E-state index is 15.1. The maximum absolute atomic E-state index is 15.1. The number of ether oxygens (including phenoxy) is 1. The van der Waals surface area contributed by atoms with Crippen molar-refractivity contribution in [2.24, 2.45) is 0 Å². The standard InChI is InChI=1S/C25H21FN6O/c1-3-32-15-27-24-21(13-29-31-25(24)32)16-7-9-22(26)20(12-16)19-8-6-17(11-18(19)14-33-2)23-5-4-10-28-30-23/h4-13,15H,3,14H2,1-2H3. The molecule has 0 atom stereocenters. The Morgan fingerprint density at radius 2 is 1.82 bits per heavy atom. The van der Waals surface area contributed by atoms with Crippen LogP contribution in [0.3, 0.4) is 0 Å². The predicted octanol–water partition coefficient (Wildman–Crippen LogP) is 4.92. The molecule has 0 saturated carbocycles. The molecule has 7 nitrogen and oxygen atoms in total. The summed E-state index contributed by atoms with van der Waals surface area (Å²) in [6, 6.07) is 14.5. The first kappa shape index (κ1) is 20.8. The van der Waals surface area contributed by atoms with E-state index in [1.165, 1.54) is 6.07 Å². The van der Waals surface area contributed by atoms with E-state index in [1.807, 2.05) is 47.9 Å². The maximum Gasteiger partial charge on any atom is 0.183 e. The highest BCUT2D eigenvalue weighted by Crippen LogP contribution is 2.34. The number of fused-ring (bicyclic) bond motifs is 1. The Balaban J connectivity index is 1.64. The molecule has 0 aliphatic heterocycles. The Kier molecular flexibility index (Phi) is 5.58. The number of hydrogen-bond donors (Lipinski definition) is 0. The second-order valence-electron chi connectivity index (χ2n) is 7.57. The Morgan fingerprint density at radius 1 is 0.939 bits per heavy atom. The topological polar surface area (TPSA) is 78.6 Å². The van der Waals surface area contributed by atoms with Crippen LogP contribution in [0.1, 0.15) is 12.5 Å². The van der Waals surface area contributed by atoms with Crippen LogP contribution >= 0.6 is 0 Å². The van der Waals surface area contributed by atoms with Gasteiger partial charge in [-0.3, -0.25) is 0 Å². The summed E-state index contributed by atoms with van der Waals surface area (Å²) in [5.41, 5.74) is 6.77. The smallest absolute Gasteiger partial charge is 0.183 e. The van der Waals surface area contributed by atoms with Gasteiger partial charge in [0, 0.05) is 36.5 Å². The van der Waals surface area contributed by atoms with Gasteiger partial charge in [-0.25, -0.2) is 9.37 Å². The number of imidazole rings is 1. The minimum atomic E-state index is -0.319. The lowest BCUT2D eigenvalue weighted by Crippen LogP contribution is -1.97. The van der Waals surface area contributed by atoms with Gasteiger partial charge in [0.25, 0.3) is 0 Å². The molecule has 0 aliphatic carbocycles. The lowest BCUT2D eigenvalue weighted by atomic mass is 9.94. The van der Waals surface area contributed by atoms with Crippen molar-refractivity contribution in [1.82, 2.24) is 29.9 Å². The van der Waals surface area contributed by atoms with E-state index in [0.29, 0.717) is 17.8 Å². The van der Waals surface area contributed by atoms with Crippen LogP contribution in [0.4, 0.5) is 4.39 Å². The first-order chi connectivity index (χ1) is 16.2. The van der Waals surface area contributed by atoms with Crippen molar-refractivity contribution in [3.05, 3.63) is 78.6 Å². The number of aromatic nitrogens is 6. The van der Waals surface area contributed by atoms with E-state index in [-0.39, 0.29) is 5.82 Å². The third-order valence-electron chi connectivity index (χ3n) is 5.59. The SMILES string of the molecule is CCn1cnc2c(-c3ccc(F)c(-c4ccc(-c5cccnn5)cc4COC)c3)cnnc21. The van der Waals surface area contributed by atoms with Crippen LogP contribution in [0.25, 0.3) is 44.7 Å². The third kappa shape index (κ3) is 3.85. The van der Waals surface area contributed by atoms with Crippen molar-refractivity contribution >= 4 is 11.2 Å². The Bertz CT molecular complexity index is 1430. The van der Waals surface area contributed by atoms with E-state index in [4.69, 9.17) is 4.74 Å². The van der Waals surface area contributed by atoms with Crippen molar-refractivity contribution in [2.75, 3.05) is 7.11 Å². The van der Waals surface area contributed by atoms with Gasteiger partial charge in [-0.1, -0.05) is 18.2 Å². The first-order valence-corrected chi connectivity index (χ1v) is 10.6. The van der Waals surface area contributed by atoms with Crippen molar-refractivity contribution in [2.45, 2.75) is 20.1 Å². The van der Waals surface area contributed by atoms with Crippen LogP contribution in [-0.2, 0) is 17.9 Å². The molecule has 5 aromatic rings. The van der Waals surface area contributed by atoms with Gasteiger partial charge in [-0.05, 0) is 53.9 Å². The third-order valence-corrected chi connectivity index (χ3v) is 5.59. The Hall–Kier alpha value is -4.04. The molecule has 0 bridgehead atoms. The van der Waals surface area contributed by atoms with Gasteiger partial charge in [0.1, 0.15) is 11.3 Å². The highest BCUT2D eigenvalue weighted by Gasteiger charge is 2.16. The largest absolute Gasteiger partial charge is 0.380 e. The van der Waals surface area contributed by atoms with Gasteiger partial charge in [-0.15, -0.1) is 5.10 Å². The van der Waals surface area contributed by atoms with Gasteiger partial charge in [0.2, 0.25) is 0 Å². The van der Waals surface area contributed by atoms with E-state index >= 15 is 4.39 Å². The molecule has 3 heterocycles. The lowest BCUT2D eigenvalue weighted by Gasteiger charge is -2.14. The highest BCUT2D eigenvalue weighted by atomic mass is 19.1. The monoisotopic (exact) mass is 440 g/mol. The van der Waals surface area contributed by atoms with Crippen molar-refractivity contribution < 1.29 is 9.13 Å². The van der Waals surface area contributed by atoms with E-state index in [2.05, 4.69) is 25.4 Å². The van der Waals surface area contributed by atoms with Gasteiger partial charge in [0.15, 0.2) is 5.65 Å². The zero-order chi connectivity index (χ0) is 22.8. The molecular formula is C25H21FN6O. The van der Waals surface area contributed by atoms with E-state index < -0.39 is 0 Å². The Labute approximate surface area is 189 Å². The molecule has 164 valence electrons. The molecule has 0 radical (unpaired) electrons. The van der Waals surface area contributed by atoms with Gasteiger partial charge in [-0.2, -0.15) is 15.3 Å². The summed E-state index contributed by atoms with van der Waals surface area (Å²) in [4.78, 5) is 4.52. The average molecular weight is 440 g/mol. The molecule has 0 unspecified atom stereocenters. The summed E-state index contributed by atoms with van der Waals surface area (Å²) in [7, 11) is 1.62. The van der Waals surface area contributed by atoms with Crippen LogP contribution < -0.4 is 0 Å². The van der Waals surface area contributed by atoms with E-state index in [1.54, 1.807) is 31.9 Å². The summed E-state index contributed by atoms with van der Waals surface area (Å²) in [5, 5.41) is 16.5. The molecule has 8 heteroatoms. The summed E-state index contributed by atoms with van der Waals surface area (Å²) < 4.78 is 22.4. The predicted molar refractivity (Wildman–Crippen MR) is 124 cm³/mol. The zero-order valence-electron chi connectivity index (χ0n) is 18.2. The highest BCUT2D eigenvalue weighted by molar-refractivity contribution is 5.90. The molecule has 0 spiro atoms. The van der Waals surface area contributed by atoms with Crippen LogP contribution in [0, 0.1) is 5.82 Å². The van der Waals surface area contributed by atoms with Crippen LogP contribution in [-0.4, -0.2) is 37.1 Å². The van der Waals surface area contributed by atoms with Gasteiger partial charge in [0.05, 0.1) is 24.8 Å². The lowest BCUT2D eigenvalue weighted by molar-refractivity contribution is 0.185. The zero-order valence-corrected chi connectivity index (χ0v) is 18.2. The fraction of sp³-hybridized carbons (Fsp3) is 0.160. The summed E-state index contributed by atoms with van der Waals surface area (Å²) in [6.07, 6.45) is 5.04. The number of benzene rings is 2. The molecule has 0 saturated heterocycles. The van der Waals surface area contributed by atoms with Crippen molar-refractivity contribution in [1.29, 1.82) is 0 Å². The molecule has 5 rings (SSSR count). The summed E-state index contributed by atoms with van der Waals surface area (Å²) in [5.74, 6) is -0.319. The van der Waals surface area contributed by atoms with Crippen LogP contribution in [0.2, 0.25) is 0 Å². The second kappa shape index (κ2) is 8.84. The molecule has 0 fully saturated rings. The fourth-order valence-corrected chi connectivity index (χ4v) is 3.96. The Morgan fingerprint density at radius 3 is 2.61 bits per heavy atom. The molecular weight excluding hydrogens is 419 g/mol. The van der Waals surface area contributed by atoms with E-state index in [9.17, 15) is 0 Å². The first-order valence-electron chi connectivity index (χ1n) is 10.6. The summed E-state index contributed by atoms with van der Waals surface area (Å²) in [6.45, 7) is 3.09. The number of nitrogens with zero attached hydrogens (tertiary/aromatic N) is 6. The fourth-order valence-electron chi connectivity index (χ4n) is 3.96. The number of methoxy groups -OCH3 is 1. The molecule has 2 aromatic carbocycles. The summed E-state index contributed by atoms with van der Waals surface area (Å²) >= 11 is 0. The number of halogens is 1. The molecule has 3 aromatic heterocycles.